The fourth-order valence-corrected chi connectivity index (χ4v) is 2.47. The standard InChI is InChI=1S/C14H19N3O/c1-2-7-16(8-3-1)10-11-18-14-5-9-17-13(12-14)4-6-15-17/h4-6,9,12H,1-3,7-8,10-11H2. The molecule has 2 aromatic rings. The number of rotatable bonds is 4. The Hall–Kier alpha value is -1.55. The molecule has 0 unspecified atom stereocenters. The lowest BCUT2D eigenvalue weighted by atomic mass is 10.1. The van der Waals surface area contributed by atoms with Gasteiger partial charge in [0.15, 0.2) is 0 Å². The Bertz CT molecular complexity index is 502. The van der Waals surface area contributed by atoms with Crippen molar-refractivity contribution in [2.75, 3.05) is 26.2 Å². The number of aromatic nitrogens is 2. The molecule has 0 radical (unpaired) electrons. The average molecular weight is 245 g/mol. The zero-order chi connectivity index (χ0) is 12.2. The molecule has 1 saturated heterocycles. The lowest BCUT2D eigenvalue weighted by Gasteiger charge is -2.26. The van der Waals surface area contributed by atoms with E-state index >= 15 is 0 Å². The molecule has 0 bridgehead atoms. The molecule has 96 valence electrons. The van der Waals surface area contributed by atoms with E-state index in [2.05, 4.69) is 10.00 Å². The van der Waals surface area contributed by atoms with E-state index in [0.29, 0.717) is 0 Å². The Morgan fingerprint density at radius 2 is 2.06 bits per heavy atom. The van der Waals surface area contributed by atoms with E-state index in [4.69, 9.17) is 4.74 Å². The van der Waals surface area contributed by atoms with Crippen molar-refractivity contribution >= 4 is 5.52 Å². The molecule has 4 heteroatoms. The van der Waals surface area contributed by atoms with Crippen LogP contribution in [0.1, 0.15) is 19.3 Å². The normalized spacial score (nSPS) is 17.1. The molecule has 0 N–H and O–H groups in total. The summed E-state index contributed by atoms with van der Waals surface area (Å²) >= 11 is 0. The topological polar surface area (TPSA) is 29.8 Å². The summed E-state index contributed by atoms with van der Waals surface area (Å²) < 4.78 is 7.65. The molecule has 0 spiro atoms. The van der Waals surface area contributed by atoms with Crippen LogP contribution in [0.5, 0.6) is 5.75 Å². The molecule has 0 aromatic carbocycles. The average Bonchev–Trinajstić information content (AvgIpc) is 2.87. The first-order valence-corrected chi connectivity index (χ1v) is 6.70. The summed E-state index contributed by atoms with van der Waals surface area (Å²) in [7, 11) is 0. The minimum Gasteiger partial charge on any atom is -0.492 e. The maximum absolute atomic E-state index is 5.80. The number of piperidine rings is 1. The number of fused-ring (bicyclic) bond motifs is 1. The highest BCUT2D eigenvalue weighted by Crippen LogP contribution is 2.14. The summed E-state index contributed by atoms with van der Waals surface area (Å²) in [6.07, 6.45) is 7.79. The second kappa shape index (κ2) is 5.40. The predicted molar refractivity (Wildman–Crippen MR) is 71.0 cm³/mol. The van der Waals surface area contributed by atoms with Gasteiger partial charge in [0.2, 0.25) is 0 Å². The molecule has 1 aliphatic heterocycles. The largest absolute Gasteiger partial charge is 0.492 e. The smallest absolute Gasteiger partial charge is 0.123 e. The minimum absolute atomic E-state index is 0.768. The summed E-state index contributed by atoms with van der Waals surface area (Å²) in [6, 6.07) is 5.98. The van der Waals surface area contributed by atoms with Gasteiger partial charge in [-0.1, -0.05) is 6.42 Å². The van der Waals surface area contributed by atoms with E-state index < -0.39 is 0 Å². The second-order valence-corrected chi connectivity index (χ2v) is 4.81. The van der Waals surface area contributed by atoms with Crippen LogP contribution in [0.2, 0.25) is 0 Å². The Balaban J connectivity index is 1.52. The van der Waals surface area contributed by atoms with Crippen molar-refractivity contribution in [2.24, 2.45) is 0 Å². The van der Waals surface area contributed by atoms with Gasteiger partial charge in [-0.2, -0.15) is 5.10 Å². The first-order valence-electron chi connectivity index (χ1n) is 6.70. The summed E-state index contributed by atoms with van der Waals surface area (Å²) in [5.41, 5.74) is 1.07. The summed E-state index contributed by atoms with van der Waals surface area (Å²) in [5.74, 6) is 0.931. The molecular formula is C14H19N3O. The van der Waals surface area contributed by atoms with Gasteiger partial charge in [-0.15, -0.1) is 0 Å². The first kappa shape index (κ1) is 11.5. The monoisotopic (exact) mass is 245 g/mol. The number of hydrogen-bond donors (Lipinski definition) is 0. The summed E-state index contributed by atoms with van der Waals surface area (Å²) in [5, 5.41) is 4.17. The second-order valence-electron chi connectivity index (χ2n) is 4.81. The molecule has 3 heterocycles. The van der Waals surface area contributed by atoms with Gasteiger partial charge >= 0.3 is 0 Å². The van der Waals surface area contributed by atoms with Crippen LogP contribution in [-0.4, -0.2) is 40.8 Å². The Labute approximate surface area is 107 Å². The highest BCUT2D eigenvalue weighted by atomic mass is 16.5. The summed E-state index contributed by atoms with van der Waals surface area (Å²) in [6.45, 7) is 4.25. The molecule has 0 aliphatic carbocycles. The van der Waals surface area contributed by atoms with Crippen LogP contribution in [-0.2, 0) is 0 Å². The van der Waals surface area contributed by atoms with Crippen LogP contribution in [0.4, 0.5) is 0 Å². The maximum Gasteiger partial charge on any atom is 0.123 e. The van der Waals surface area contributed by atoms with Crippen LogP contribution < -0.4 is 4.74 Å². The zero-order valence-corrected chi connectivity index (χ0v) is 10.6. The van der Waals surface area contributed by atoms with E-state index in [1.807, 2.05) is 28.9 Å². The van der Waals surface area contributed by atoms with Crippen molar-refractivity contribution in [3.63, 3.8) is 0 Å². The Morgan fingerprint density at radius 3 is 2.94 bits per heavy atom. The lowest BCUT2D eigenvalue weighted by Crippen LogP contribution is -2.33. The molecule has 1 fully saturated rings. The van der Waals surface area contributed by atoms with Crippen LogP contribution in [0, 0.1) is 0 Å². The zero-order valence-electron chi connectivity index (χ0n) is 10.6. The van der Waals surface area contributed by atoms with Crippen LogP contribution in [0.15, 0.2) is 30.6 Å². The van der Waals surface area contributed by atoms with Crippen molar-refractivity contribution in [2.45, 2.75) is 19.3 Å². The van der Waals surface area contributed by atoms with Crippen molar-refractivity contribution in [3.8, 4) is 5.75 Å². The number of likely N-dealkylation sites (tertiary alicyclic amines) is 1. The summed E-state index contributed by atoms with van der Waals surface area (Å²) in [4.78, 5) is 2.49. The highest BCUT2D eigenvalue weighted by molar-refractivity contribution is 5.49. The molecule has 18 heavy (non-hydrogen) atoms. The number of ether oxygens (including phenoxy) is 1. The van der Waals surface area contributed by atoms with Gasteiger partial charge in [-0.3, -0.25) is 4.90 Å². The van der Waals surface area contributed by atoms with Crippen molar-refractivity contribution < 1.29 is 4.74 Å². The van der Waals surface area contributed by atoms with Gasteiger partial charge in [-0.05, 0) is 38.1 Å². The van der Waals surface area contributed by atoms with E-state index in [1.54, 1.807) is 6.20 Å². The SMILES string of the molecule is c1cc2cc(OCCN3CCCCC3)ccn2n1. The quantitative estimate of drug-likeness (QED) is 0.827. The van der Waals surface area contributed by atoms with E-state index in [-0.39, 0.29) is 0 Å². The van der Waals surface area contributed by atoms with Crippen molar-refractivity contribution in [1.82, 2.24) is 14.5 Å². The van der Waals surface area contributed by atoms with Gasteiger partial charge in [0, 0.05) is 25.0 Å². The third kappa shape index (κ3) is 2.64. The van der Waals surface area contributed by atoms with E-state index in [9.17, 15) is 0 Å². The van der Waals surface area contributed by atoms with Crippen LogP contribution in [0.25, 0.3) is 5.52 Å². The predicted octanol–water partition coefficient (Wildman–Crippen LogP) is 2.20. The molecule has 2 aromatic heterocycles. The number of nitrogens with zero attached hydrogens (tertiary/aromatic N) is 3. The number of pyridine rings is 1. The lowest BCUT2D eigenvalue weighted by molar-refractivity contribution is 0.183. The molecule has 3 rings (SSSR count). The molecule has 0 atom stereocenters. The van der Waals surface area contributed by atoms with Gasteiger partial charge in [-0.25, -0.2) is 4.52 Å². The Morgan fingerprint density at radius 1 is 1.17 bits per heavy atom. The minimum atomic E-state index is 0.768. The van der Waals surface area contributed by atoms with Crippen LogP contribution in [0.3, 0.4) is 0 Å². The Kier molecular flexibility index (Phi) is 3.46. The van der Waals surface area contributed by atoms with E-state index in [1.165, 1.54) is 32.4 Å². The molecule has 4 nitrogen and oxygen atoms in total. The molecule has 0 saturated carbocycles. The van der Waals surface area contributed by atoms with Crippen molar-refractivity contribution in [1.29, 1.82) is 0 Å². The van der Waals surface area contributed by atoms with E-state index in [0.717, 1.165) is 24.4 Å². The third-order valence-electron chi connectivity index (χ3n) is 3.50. The fourth-order valence-electron chi connectivity index (χ4n) is 2.47. The fraction of sp³-hybridized carbons (Fsp3) is 0.500. The van der Waals surface area contributed by atoms with Crippen molar-refractivity contribution in [3.05, 3.63) is 30.6 Å². The number of hydrogen-bond acceptors (Lipinski definition) is 3. The first-order chi connectivity index (χ1) is 8.92. The van der Waals surface area contributed by atoms with Crippen LogP contribution >= 0.6 is 0 Å². The van der Waals surface area contributed by atoms with Gasteiger partial charge in [0.1, 0.15) is 12.4 Å². The molecular weight excluding hydrogens is 226 g/mol. The third-order valence-corrected chi connectivity index (χ3v) is 3.50. The molecule has 1 aliphatic rings. The van der Waals surface area contributed by atoms with Gasteiger partial charge in [0.05, 0.1) is 5.52 Å². The van der Waals surface area contributed by atoms with Gasteiger partial charge < -0.3 is 4.74 Å². The highest BCUT2D eigenvalue weighted by Gasteiger charge is 2.09. The van der Waals surface area contributed by atoms with Gasteiger partial charge in [0.25, 0.3) is 0 Å². The maximum atomic E-state index is 5.80. The molecule has 0 amide bonds.